The van der Waals surface area contributed by atoms with Gasteiger partial charge in [0.05, 0.1) is 24.5 Å². The van der Waals surface area contributed by atoms with Gasteiger partial charge < -0.3 is 14.3 Å². The molecule has 7 nitrogen and oxygen atoms in total. The highest BCUT2D eigenvalue weighted by atomic mass is 16.5. The zero-order valence-electron chi connectivity index (χ0n) is 17.5. The minimum atomic E-state index is -1.01. The van der Waals surface area contributed by atoms with Gasteiger partial charge in [0.15, 0.2) is 0 Å². The summed E-state index contributed by atoms with van der Waals surface area (Å²) >= 11 is 0. The lowest BCUT2D eigenvalue weighted by molar-refractivity contribution is 0.0696. The van der Waals surface area contributed by atoms with E-state index in [1.165, 1.54) is 13.3 Å². The number of carbonyl (C=O) groups excluding carboxylic acids is 1. The molecule has 0 aliphatic carbocycles. The number of fused-ring (bicyclic) bond motifs is 1. The summed E-state index contributed by atoms with van der Waals surface area (Å²) in [6.45, 7) is 1.87. The number of hydrogen-bond donors (Lipinski definition) is 2. The second-order valence-electron chi connectivity index (χ2n) is 7.14. The minimum Gasteiger partial charge on any atom is -0.496 e. The van der Waals surface area contributed by atoms with E-state index in [4.69, 9.17) is 9.15 Å². The molecule has 0 bridgehead atoms. The quantitative estimate of drug-likeness (QED) is 0.337. The van der Waals surface area contributed by atoms with Crippen LogP contribution in [0.4, 0.5) is 0 Å². The first-order valence-corrected chi connectivity index (χ1v) is 9.80. The molecule has 1 amide bonds. The van der Waals surface area contributed by atoms with Crippen molar-refractivity contribution in [2.45, 2.75) is 6.92 Å². The van der Waals surface area contributed by atoms with E-state index in [0.717, 1.165) is 16.3 Å². The molecule has 160 valence electrons. The van der Waals surface area contributed by atoms with Crippen molar-refractivity contribution in [3.8, 4) is 17.1 Å². The normalized spacial score (nSPS) is 11.1. The predicted octanol–water partition coefficient (Wildman–Crippen LogP) is 4.88. The Morgan fingerprint density at radius 3 is 2.50 bits per heavy atom. The zero-order valence-corrected chi connectivity index (χ0v) is 17.5. The Hall–Kier alpha value is -4.39. The highest BCUT2D eigenvalue weighted by Gasteiger charge is 2.14. The van der Waals surface area contributed by atoms with Crippen LogP contribution in [0, 0.1) is 6.92 Å². The average Bonchev–Trinajstić information content (AvgIpc) is 3.26. The number of ether oxygens (including phenoxy) is 1. The molecular formula is C25H20N2O5. The number of methoxy groups -OCH3 is 1. The van der Waals surface area contributed by atoms with E-state index >= 15 is 0 Å². The van der Waals surface area contributed by atoms with Crippen molar-refractivity contribution >= 4 is 28.9 Å². The standard InChI is InChI=1S/C25H20N2O5/c1-15-7-8-18(25(29)30)12-20(15)22-10-9-19(32-22)14-26-27-24(28)21-11-16-5-3-4-6-17(16)13-23(21)31-2/h3-14H,1-2H3,(H,27,28)(H,29,30)/b26-14-. The van der Waals surface area contributed by atoms with Gasteiger partial charge in [0.2, 0.25) is 0 Å². The molecule has 3 aromatic carbocycles. The first kappa shape index (κ1) is 20.9. The molecule has 0 spiro atoms. The van der Waals surface area contributed by atoms with Gasteiger partial charge in [0.25, 0.3) is 5.91 Å². The number of furan rings is 1. The highest BCUT2D eigenvalue weighted by molar-refractivity contribution is 6.02. The first-order chi connectivity index (χ1) is 15.5. The van der Waals surface area contributed by atoms with Crippen LogP contribution in [-0.2, 0) is 0 Å². The second kappa shape index (κ2) is 8.77. The van der Waals surface area contributed by atoms with E-state index in [1.54, 1.807) is 42.5 Å². The van der Waals surface area contributed by atoms with Crippen LogP contribution < -0.4 is 10.2 Å². The number of rotatable bonds is 6. The summed E-state index contributed by atoms with van der Waals surface area (Å²) < 4.78 is 11.1. The topological polar surface area (TPSA) is 101 Å². The molecule has 32 heavy (non-hydrogen) atoms. The zero-order chi connectivity index (χ0) is 22.7. The summed E-state index contributed by atoms with van der Waals surface area (Å²) in [5, 5.41) is 15.1. The Bertz CT molecular complexity index is 1350. The lowest BCUT2D eigenvalue weighted by Gasteiger charge is -2.09. The van der Waals surface area contributed by atoms with E-state index < -0.39 is 11.9 Å². The lowest BCUT2D eigenvalue weighted by atomic mass is 10.0. The molecule has 0 fully saturated rings. The van der Waals surface area contributed by atoms with E-state index in [-0.39, 0.29) is 5.56 Å². The van der Waals surface area contributed by atoms with Crippen molar-refractivity contribution < 1.29 is 23.8 Å². The third-order valence-corrected chi connectivity index (χ3v) is 5.05. The number of nitrogens with zero attached hydrogens (tertiary/aromatic N) is 1. The Morgan fingerprint density at radius 1 is 1.03 bits per heavy atom. The van der Waals surface area contributed by atoms with Crippen molar-refractivity contribution in [3.63, 3.8) is 0 Å². The van der Waals surface area contributed by atoms with Crippen LogP contribution in [0.15, 0.2) is 76.2 Å². The van der Waals surface area contributed by atoms with Gasteiger partial charge in [-0.05, 0) is 59.7 Å². The van der Waals surface area contributed by atoms with Crippen LogP contribution in [0.25, 0.3) is 22.1 Å². The van der Waals surface area contributed by atoms with Gasteiger partial charge in [0, 0.05) is 5.56 Å². The maximum Gasteiger partial charge on any atom is 0.335 e. The number of benzene rings is 3. The molecule has 4 rings (SSSR count). The number of carboxylic acid groups (broad SMARTS) is 1. The van der Waals surface area contributed by atoms with Crippen molar-refractivity contribution in [1.29, 1.82) is 0 Å². The molecule has 7 heteroatoms. The molecule has 0 aliphatic rings. The van der Waals surface area contributed by atoms with E-state index in [9.17, 15) is 14.7 Å². The van der Waals surface area contributed by atoms with Gasteiger partial charge >= 0.3 is 5.97 Å². The Labute approximate surface area is 183 Å². The summed E-state index contributed by atoms with van der Waals surface area (Å²) in [5.41, 5.74) is 4.58. The monoisotopic (exact) mass is 428 g/mol. The maximum atomic E-state index is 12.6. The van der Waals surface area contributed by atoms with Crippen LogP contribution in [0.1, 0.15) is 32.0 Å². The van der Waals surface area contributed by atoms with Crippen LogP contribution in [0.5, 0.6) is 5.75 Å². The van der Waals surface area contributed by atoms with Gasteiger partial charge in [-0.2, -0.15) is 5.10 Å². The smallest absolute Gasteiger partial charge is 0.335 e. The van der Waals surface area contributed by atoms with Gasteiger partial charge in [0.1, 0.15) is 17.3 Å². The molecule has 0 atom stereocenters. The average molecular weight is 428 g/mol. The van der Waals surface area contributed by atoms with Crippen molar-refractivity contribution in [2.75, 3.05) is 7.11 Å². The summed E-state index contributed by atoms with van der Waals surface area (Å²) in [6.07, 6.45) is 1.38. The van der Waals surface area contributed by atoms with Gasteiger partial charge in [-0.15, -0.1) is 0 Å². The molecule has 0 aliphatic heterocycles. The lowest BCUT2D eigenvalue weighted by Crippen LogP contribution is -2.18. The molecule has 0 saturated carbocycles. The minimum absolute atomic E-state index is 0.175. The highest BCUT2D eigenvalue weighted by Crippen LogP contribution is 2.27. The van der Waals surface area contributed by atoms with E-state index in [2.05, 4.69) is 10.5 Å². The fraction of sp³-hybridized carbons (Fsp3) is 0.0800. The number of nitrogens with one attached hydrogen (secondary N) is 1. The summed E-state index contributed by atoms with van der Waals surface area (Å²) in [6, 6.07) is 19.5. The number of carboxylic acids is 1. The fourth-order valence-electron chi connectivity index (χ4n) is 3.37. The maximum absolute atomic E-state index is 12.6. The predicted molar refractivity (Wildman–Crippen MR) is 121 cm³/mol. The van der Waals surface area contributed by atoms with Gasteiger partial charge in [-0.3, -0.25) is 4.79 Å². The number of amides is 1. The third-order valence-electron chi connectivity index (χ3n) is 5.05. The van der Waals surface area contributed by atoms with Gasteiger partial charge in [-0.25, -0.2) is 10.2 Å². The largest absolute Gasteiger partial charge is 0.496 e. The number of aromatic carboxylic acids is 1. The number of aryl methyl sites for hydroxylation is 1. The Kier molecular flexibility index (Phi) is 5.72. The van der Waals surface area contributed by atoms with Crippen molar-refractivity contribution in [2.24, 2.45) is 5.10 Å². The summed E-state index contributed by atoms with van der Waals surface area (Å²) in [7, 11) is 1.51. The number of hydrazone groups is 1. The third kappa shape index (κ3) is 4.22. The van der Waals surface area contributed by atoms with Crippen LogP contribution in [0.2, 0.25) is 0 Å². The molecular weight excluding hydrogens is 408 g/mol. The summed E-state index contributed by atoms with van der Waals surface area (Å²) in [5.74, 6) is -0.0574. The molecule has 1 aromatic heterocycles. The molecule has 0 saturated heterocycles. The van der Waals surface area contributed by atoms with Crippen LogP contribution >= 0.6 is 0 Å². The molecule has 0 unspecified atom stereocenters. The SMILES string of the molecule is COc1cc2ccccc2cc1C(=O)N/N=C\c1ccc(-c2cc(C(=O)O)ccc2C)o1. The van der Waals surface area contributed by atoms with Crippen molar-refractivity contribution in [3.05, 3.63) is 89.2 Å². The van der Waals surface area contributed by atoms with Crippen LogP contribution in [0.3, 0.4) is 0 Å². The first-order valence-electron chi connectivity index (χ1n) is 9.80. The van der Waals surface area contributed by atoms with E-state index in [0.29, 0.717) is 28.4 Å². The Balaban J connectivity index is 1.52. The van der Waals surface area contributed by atoms with Gasteiger partial charge in [-0.1, -0.05) is 30.3 Å². The number of hydrogen-bond acceptors (Lipinski definition) is 5. The summed E-state index contributed by atoms with van der Waals surface area (Å²) in [4.78, 5) is 23.9. The number of carbonyl (C=O) groups is 2. The fourth-order valence-corrected chi connectivity index (χ4v) is 3.37. The molecule has 2 N–H and O–H groups in total. The second-order valence-corrected chi connectivity index (χ2v) is 7.14. The van der Waals surface area contributed by atoms with E-state index in [1.807, 2.05) is 31.2 Å². The molecule has 0 radical (unpaired) electrons. The Morgan fingerprint density at radius 2 is 1.78 bits per heavy atom. The molecule has 4 aromatic rings. The molecule has 1 heterocycles. The van der Waals surface area contributed by atoms with Crippen LogP contribution in [-0.4, -0.2) is 30.3 Å². The van der Waals surface area contributed by atoms with Crippen molar-refractivity contribution in [1.82, 2.24) is 5.43 Å².